The predicted octanol–water partition coefficient (Wildman–Crippen LogP) is 5.17. The van der Waals surface area contributed by atoms with E-state index in [2.05, 4.69) is 9.97 Å². The third-order valence-electron chi connectivity index (χ3n) is 6.34. The molecule has 5 nitrogen and oxygen atoms in total. The molecule has 7 heteroatoms. The minimum atomic E-state index is -0.245. The van der Waals surface area contributed by atoms with E-state index in [9.17, 15) is 9.59 Å². The van der Waals surface area contributed by atoms with Crippen LogP contribution in [0.2, 0.25) is 5.02 Å². The van der Waals surface area contributed by atoms with Crippen LogP contribution < -0.4 is 5.56 Å². The van der Waals surface area contributed by atoms with Crippen molar-refractivity contribution in [2.24, 2.45) is 17.8 Å². The minimum Gasteiger partial charge on any atom is -0.458 e. The van der Waals surface area contributed by atoms with Gasteiger partial charge in [-0.2, -0.15) is 0 Å². The summed E-state index contributed by atoms with van der Waals surface area (Å²) in [7, 11) is 0. The summed E-state index contributed by atoms with van der Waals surface area (Å²) in [5.41, 5.74) is 1.33. The van der Waals surface area contributed by atoms with Gasteiger partial charge in [0.1, 0.15) is 17.3 Å². The fourth-order valence-electron chi connectivity index (χ4n) is 4.99. The number of hydrogen-bond donors (Lipinski definition) is 1. The van der Waals surface area contributed by atoms with Crippen LogP contribution in [0.15, 0.2) is 34.4 Å². The van der Waals surface area contributed by atoms with Crippen LogP contribution in [0.1, 0.15) is 37.9 Å². The molecule has 29 heavy (non-hydrogen) atoms. The van der Waals surface area contributed by atoms with E-state index >= 15 is 0 Å². The van der Waals surface area contributed by atoms with Crippen molar-refractivity contribution in [1.82, 2.24) is 9.97 Å². The Morgan fingerprint density at radius 3 is 2.86 bits per heavy atom. The van der Waals surface area contributed by atoms with Crippen LogP contribution >= 0.6 is 22.9 Å². The minimum absolute atomic E-state index is 0.00977. The second-order valence-corrected chi connectivity index (χ2v) is 9.39. The predicted molar refractivity (Wildman–Crippen MR) is 114 cm³/mol. The van der Waals surface area contributed by atoms with Gasteiger partial charge in [-0.15, -0.1) is 11.3 Å². The Kier molecular flexibility index (Phi) is 4.92. The second-order valence-electron chi connectivity index (χ2n) is 8.12. The number of thiophene rings is 1. The maximum Gasteiger partial charge on any atom is 0.306 e. The fourth-order valence-corrected chi connectivity index (χ4v) is 6.18. The quantitative estimate of drug-likeness (QED) is 0.568. The Bertz CT molecular complexity index is 1140. The van der Waals surface area contributed by atoms with E-state index < -0.39 is 0 Å². The van der Waals surface area contributed by atoms with E-state index in [-0.39, 0.29) is 18.1 Å². The monoisotopic (exact) mass is 428 g/mol. The standard InChI is InChI=1S/C22H21ClN2O3S/c23-17-4-2-1-3-15(17)16-11-29-22-20(16)21(27)24-18(25-22)10-28-19(26)9-14-8-12-5-6-13(14)7-12/h1-4,11-14H,5-10H2,(H,24,25,27)/t12-,13-,14+/m1/s1. The van der Waals surface area contributed by atoms with E-state index in [4.69, 9.17) is 16.3 Å². The average molecular weight is 429 g/mol. The van der Waals surface area contributed by atoms with E-state index in [0.29, 0.717) is 39.3 Å². The Morgan fingerprint density at radius 2 is 2.10 bits per heavy atom. The highest BCUT2D eigenvalue weighted by Gasteiger charge is 2.40. The van der Waals surface area contributed by atoms with Gasteiger partial charge in [-0.05, 0) is 43.1 Å². The van der Waals surface area contributed by atoms with Crippen LogP contribution in [-0.4, -0.2) is 15.9 Å². The number of aromatic nitrogens is 2. The SMILES string of the molecule is O=C(C[C@@H]1C[C@@H]2CC[C@@H]1C2)OCc1nc2scc(-c3ccccc3Cl)c2c(=O)[nH]1. The number of ether oxygens (including phenoxy) is 1. The van der Waals surface area contributed by atoms with Gasteiger partial charge in [-0.1, -0.05) is 36.2 Å². The molecule has 2 heterocycles. The molecule has 3 atom stereocenters. The summed E-state index contributed by atoms with van der Waals surface area (Å²) in [6.07, 6.45) is 5.47. The van der Waals surface area contributed by atoms with Crippen molar-refractivity contribution < 1.29 is 9.53 Å². The number of nitrogens with one attached hydrogen (secondary N) is 1. The lowest BCUT2D eigenvalue weighted by atomic mass is 9.86. The first-order valence-electron chi connectivity index (χ1n) is 9.99. The molecule has 1 aromatic carbocycles. The normalized spacial score (nSPS) is 23.0. The fraction of sp³-hybridized carbons (Fsp3) is 0.409. The van der Waals surface area contributed by atoms with Crippen molar-refractivity contribution in [3.05, 3.63) is 50.8 Å². The van der Waals surface area contributed by atoms with E-state index in [0.717, 1.165) is 23.5 Å². The van der Waals surface area contributed by atoms with Gasteiger partial charge in [0.25, 0.3) is 5.56 Å². The number of fused-ring (bicyclic) bond motifs is 3. The summed E-state index contributed by atoms with van der Waals surface area (Å²) in [6.45, 7) is -0.00977. The Morgan fingerprint density at radius 1 is 1.24 bits per heavy atom. The Hall–Kier alpha value is -2.18. The second kappa shape index (κ2) is 7.58. The van der Waals surface area contributed by atoms with Crippen molar-refractivity contribution in [3.63, 3.8) is 0 Å². The summed E-state index contributed by atoms with van der Waals surface area (Å²) in [4.78, 5) is 32.8. The van der Waals surface area contributed by atoms with Crippen molar-refractivity contribution in [2.75, 3.05) is 0 Å². The van der Waals surface area contributed by atoms with Gasteiger partial charge in [0.15, 0.2) is 0 Å². The molecule has 2 aromatic heterocycles. The molecule has 3 aromatic rings. The summed E-state index contributed by atoms with van der Waals surface area (Å²) < 4.78 is 5.42. The largest absolute Gasteiger partial charge is 0.458 e. The lowest BCUT2D eigenvalue weighted by molar-refractivity contribution is -0.146. The molecule has 2 bridgehead atoms. The van der Waals surface area contributed by atoms with Crippen LogP contribution in [-0.2, 0) is 16.1 Å². The Labute approximate surface area is 177 Å². The molecular formula is C22H21ClN2O3S. The number of benzene rings is 1. The smallest absolute Gasteiger partial charge is 0.306 e. The number of carbonyl (C=O) groups is 1. The van der Waals surface area contributed by atoms with Gasteiger partial charge in [0, 0.05) is 28.0 Å². The highest BCUT2D eigenvalue weighted by atomic mass is 35.5. The molecule has 5 rings (SSSR count). The molecule has 0 unspecified atom stereocenters. The van der Waals surface area contributed by atoms with Gasteiger partial charge in [0.05, 0.1) is 5.39 Å². The number of aromatic amines is 1. The highest BCUT2D eigenvalue weighted by Crippen LogP contribution is 2.49. The summed E-state index contributed by atoms with van der Waals surface area (Å²) in [6, 6.07) is 7.42. The number of carbonyl (C=O) groups excluding carboxylic acids is 1. The molecule has 2 fully saturated rings. The molecule has 0 saturated heterocycles. The van der Waals surface area contributed by atoms with Gasteiger partial charge in [-0.3, -0.25) is 9.59 Å². The molecule has 2 saturated carbocycles. The van der Waals surface area contributed by atoms with E-state index in [1.165, 1.54) is 30.6 Å². The molecule has 1 N–H and O–H groups in total. The number of H-pyrrole nitrogens is 1. The molecule has 0 amide bonds. The van der Waals surface area contributed by atoms with Crippen molar-refractivity contribution >= 4 is 39.1 Å². The summed E-state index contributed by atoms with van der Waals surface area (Å²) in [5.74, 6) is 2.14. The topological polar surface area (TPSA) is 72.0 Å². The zero-order valence-corrected chi connectivity index (χ0v) is 17.4. The summed E-state index contributed by atoms with van der Waals surface area (Å²) >= 11 is 7.68. The van der Waals surface area contributed by atoms with Gasteiger partial charge in [-0.25, -0.2) is 4.98 Å². The number of hydrogen-bond acceptors (Lipinski definition) is 5. The average Bonchev–Trinajstić information content (AvgIpc) is 3.42. The molecule has 2 aliphatic rings. The molecule has 150 valence electrons. The van der Waals surface area contributed by atoms with Crippen molar-refractivity contribution in [2.45, 2.75) is 38.7 Å². The molecule has 0 aliphatic heterocycles. The first-order valence-corrected chi connectivity index (χ1v) is 11.2. The third-order valence-corrected chi connectivity index (χ3v) is 7.54. The van der Waals surface area contributed by atoms with Crippen LogP contribution in [0.3, 0.4) is 0 Å². The lowest BCUT2D eigenvalue weighted by Gasteiger charge is -2.20. The van der Waals surface area contributed by atoms with Crippen molar-refractivity contribution in [3.8, 4) is 11.1 Å². The molecule has 2 aliphatic carbocycles. The number of rotatable bonds is 5. The number of nitrogens with zero attached hydrogens (tertiary/aromatic N) is 1. The van der Waals surface area contributed by atoms with Crippen molar-refractivity contribution in [1.29, 1.82) is 0 Å². The van der Waals surface area contributed by atoms with Gasteiger partial charge in [0.2, 0.25) is 0 Å². The molecule has 0 radical (unpaired) electrons. The first kappa shape index (κ1) is 18.8. The summed E-state index contributed by atoms with van der Waals surface area (Å²) in [5, 5.41) is 2.99. The van der Waals surface area contributed by atoms with Gasteiger partial charge >= 0.3 is 5.97 Å². The molecule has 0 spiro atoms. The van der Waals surface area contributed by atoms with Crippen LogP contribution in [0.4, 0.5) is 0 Å². The van der Waals surface area contributed by atoms with Crippen LogP contribution in [0.25, 0.3) is 21.3 Å². The maximum atomic E-state index is 12.7. The number of halogens is 1. The third kappa shape index (κ3) is 3.60. The maximum absolute atomic E-state index is 12.7. The van der Waals surface area contributed by atoms with Gasteiger partial charge < -0.3 is 9.72 Å². The first-order chi connectivity index (χ1) is 14.1. The highest BCUT2D eigenvalue weighted by molar-refractivity contribution is 7.17. The Balaban J connectivity index is 1.31. The molecular weight excluding hydrogens is 408 g/mol. The zero-order chi connectivity index (χ0) is 20.0. The lowest BCUT2D eigenvalue weighted by Crippen LogP contribution is -2.18. The zero-order valence-electron chi connectivity index (χ0n) is 15.8. The van der Waals surface area contributed by atoms with E-state index in [1.807, 2.05) is 23.6 Å². The van der Waals surface area contributed by atoms with Crippen LogP contribution in [0.5, 0.6) is 0 Å². The van der Waals surface area contributed by atoms with Crippen LogP contribution in [0, 0.1) is 17.8 Å². The number of esters is 1. The van der Waals surface area contributed by atoms with E-state index in [1.54, 1.807) is 6.07 Å².